The van der Waals surface area contributed by atoms with Gasteiger partial charge in [-0.3, -0.25) is 24.0 Å². The summed E-state index contributed by atoms with van der Waals surface area (Å²) in [5.41, 5.74) is 16.7. The number of benzene rings is 1. The maximum atomic E-state index is 13.3. The van der Waals surface area contributed by atoms with Crippen molar-refractivity contribution in [3.63, 3.8) is 0 Å². The van der Waals surface area contributed by atoms with Crippen molar-refractivity contribution in [3.05, 3.63) is 35.9 Å². The monoisotopic (exact) mass is 504 g/mol. The first-order chi connectivity index (χ1) is 17.0. The van der Waals surface area contributed by atoms with Crippen molar-refractivity contribution in [1.29, 1.82) is 0 Å². The van der Waals surface area contributed by atoms with Crippen LogP contribution in [0.1, 0.15) is 37.7 Å². The lowest BCUT2D eigenvalue weighted by atomic mass is 10.0. The van der Waals surface area contributed by atoms with E-state index in [2.05, 4.69) is 10.6 Å². The van der Waals surface area contributed by atoms with Crippen molar-refractivity contribution >= 4 is 35.5 Å². The van der Waals surface area contributed by atoms with Gasteiger partial charge < -0.3 is 37.8 Å². The summed E-state index contributed by atoms with van der Waals surface area (Å²) in [6, 6.07) is 3.94. The molecule has 9 N–H and O–H groups in total. The van der Waals surface area contributed by atoms with Crippen LogP contribution in [0.25, 0.3) is 0 Å². The number of nitrogens with one attached hydrogen (secondary N) is 2. The van der Waals surface area contributed by atoms with Crippen LogP contribution in [0.4, 0.5) is 0 Å². The average Bonchev–Trinajstić information content (AvgIpc) is 3.31. The van der Waals surface area contributed by atoms with E-state index in [9.17, 15) is 33.9 Å². The van der Waals surface area contributed by atoms with Crippen molar-refractivity contribution in [1.82, 2.24) is 15.5 Å². The Morgan fingerprint density at radius 1 is 0.972 bits per heavy atom. The minimum Gasteiger partial charge on any atom is -0.480 e. The number of rotatable bonds is 13. The van der Waals surface area contributed by atoms with E-state index in [-0.39, 0.29) is 32.2 Å². The maximum Gasteiger partial charge on any atom is 0.326 e. The molecule has 196 valence electrons. The predicted molar refractivity (Wildman–Crippen MR) is 127 cm³/mol. The maximum absolute atomic E-state index is 13.3. The quantitative estimate of drug-likeness (QED) is 0.171. The molecule has 1 fully saturated rings. The van der Waals surface area contributed by atoms with Gasteiger partial charge in [-0.2, -0.15) is 0 Å². The number of primary amides is 2. The van der Waals surface area contributed by atoms with Gasteiger partial charge in [-0.05, 0) is 24.8 Å². The molecule has 13 heteroatoms. The third kappa shape index (κ3) is 8.34. The average molecular weight is 505 g/mol. The lowest BCUT2D eigenvalue weighted by Crippen LogP contribution is -2.58. The lowest BCUT2D eigenvalue weighted by Gasteiger charge is -2.29. The van der Waals surface area contributed by atoms with Crippen molar-refractivity contribution in [2.75, 3.05) is 6.54 Å². The number of hydrogen-bond donors (Lipinski definition) is 6. The molecule has 1 aromatic rings. The zero-order chi connectivity index (χ0) is 26.8. The minimum atomic E-state index is -1.45. The van der Waals surface area contributed by atoms with E-state index in [1.54, 1.807) is 30.3 Å². The number of carbonyl (C=O) groups is 6. The van der Waals surface area contributed by atoms with Crippen molar-refractivity contribution in [2.45, 2.75) is 62.7 Å². The topological polar surface area (TPSA) is 228 Å². The van der Waals surface area contributed by atoms with E-state index >= 15 is 0 Å². The molecule has 4 atom stereocenters. The summed E-state index contributed by atoms with van der Waals surface area (Å²) < 4.78 is 0. The summed E-state index contributed by atoms with van der Waals surface area (Å²) in [4.78, 5) is 74.2. The molecule has 0 spiro atoms. The summed E-state index contributed by atoms with van der Waals surface area (Å²) >= 11 is 0. The molecule has 2 rings (SSSR count). The second-order valence-corrected chi connectivity index (χ2v) is 8.62. The normalized spacial score (nSPS) is 17.5. The molecule has 0 aliphatic carbocycles. The van der Waals surface area contributed by atoms with E-state index in [1.165, 1.54) is 4.90 Å². The predicted octanol–water partition coefficient (Wildman–Crippen LogP) is -2.26. The number of likely N-dealkylation sites (tertiary alicyclic amines) is 1. The number of aliphatic carboxylic acids is 1. The molecule has 0 radical (unpaired) electrons. The van der Waals surface area contributed by atoms with Gasteiger partial charge in [0.1, 0.15) is 18.1 Å². The zero-order valence-electron chi connectivity index (χ0n) is 19.7. The van der Waals surface area contributed by atoms with Gasteiger partial charge in [0.2, 0.25) is 29.5 Å². The standard InChI is InChI=1S/C23H32N6O7/c24-14(8-9-18(25)30)20(32)27-15(12-19(26)31)21(33)28-16(11-13-5-2-1-3-6-13)22(34)29-10-4-7-17(29)23(35)36/h1-3,5-6,14-17H,4,7-12,24H2,(H2,25,30)(H2,26,31)(H,27,32)(H,28,33)(H,35,36). The van der Waals surface area contributed by atoms with Gasteiger partial charge in [-0.25, -0.2) is 4.79 Å². The smallest absolute Gasteiger partial charge is 0.326 e. The molecule has 1 aliphatic heterocycles. The second-order valence-electron chi connectivity index (χ2n) is 8.62. The molecule has 0 bridgehead atoms. The lowest BCUT2D eigenvalue weighted by molar-refractivity contribution is -0.149. The minimum absolute atomic E-state index is 0.0453. The third-order valence-corrected chi connectivity index (χ3v) is 5.79. The zero-order valence-corrected chi connectivity index (χ0v) is 19.7. The number of amides is 5. The Labute approximate surface area is 207 Å². The Hall–Kier alpha value is -4.00. The number of hydrogen-bond acceptors (Lipinski definition) is 7. The van der Waals surface area contributed by atoms with Gasteiger partial charge >= 0.3 is 5.97 Å². The fourth-order valence-corrected chi connectivity index (χ4v) is 3.93. The summed E-state index contributed by atoms with van der Waals surface area (Å²) in [6.45, 7) is 0.215. The molecule has 0 aromatic heterocycles. The van der Waals surface area contributed by atoms with Crippen LogP contribution in [-0.4, -0.2) is 76.2 Å². The molecule has 1 aliphatic rings. The number of carboxylic acid groups (broad SMARTS) is 1. The Balaban J connectivity index is 2.22. The molecule has 36 heavy (non-hydrogen) atoms. The van der Waals surface area contributed by atoms with Crippen LogP contribution in [0.2, 0.25) is 0 Å². The van der Waals surface area contributed by atoms with Gasteiger partial charge in [-0.1, -0.05) is 30.3 Å². The summed E-state index contributed by atoms with van der Waals surface area (Å²) in [5.74, 6) is -4.97. The number of nitrogens with zero attached hydrogens (tertiary/aromatic N) is 1. The van der Waals surface area contributed by atoms with E-state index < -0.39 is 66.1 Å². The molecule has 1 heterocycles. The van der Waals surface area contributed by atoms with Crippen LogP contribution >= 0.6 is 0 Å². The SMILES string of the molecule is NC(=O)CCC(N)C(=O)NC(CC(N)=O)C(=O)NC(Cc1ccccc1)C(=O)N1CCCC1C(=O)O. The van der Waals surface area contributed by atoms with E-state index in [0.29, 0.717) is 12.0 Å². The summed E-state index contributed by atoms with van der Waals surface area (Å²) in [6.07, 6.45) is 0.0224. The highest BCUT2D eigenvalue weighted by Gasteiger charge is 2.38. The molecule has 0 saturated carbocycles. The highest BCUT2D eigenvalue weighted by molar-refractivity contribution is 5.96. The number of carboxylic acids is 1. The molecular formula is C23H32N6O7. The molecule has 1 saturated heterocycles. The highest BCUT2D eigenvalue weighted by atomic mass is 16.4. The number of carbonyl (C=O) groups excluding carboxylic acids is 5. The van der Waals surface area contributed by atoms with Gasteiger partial charge in [-0.15, -0.1) is 0 Å². The van der Waals surface area contributed by atoms with Crippen LogP contribution in [-0.2, 0) is 35.2 Å². The molecular weight excluding hydrogens is 472 g/mol. The summed E-state index contributed by atoms with van der Waals surface area (Å²) in [5, 5.41) is 14.4. The fourth-order valence-electron chi connectivity index (χ4n) is 3.93. The first kappa shape index (κ1) is 28.2. The Kier molecular flexibility index (Phi) is 10.3. The third-order valence-electron chi connectivity index (χ3n) is 5.79. The van der Waals surface area contributed by atoms with Crippen LogP contribution in [0, 0.1) is 0 Å². The Morgan fingerprint density at radius 3 is 2.19 bits per heavy atom. The van der Waals surface area contributed by atoms with E-state index in [4.69, 9.17) is 17.2 Å². The Bertz CT molecular complexity index is 986. The van der Waals surface area contributed by atoms with Crippen LogP contribution in [0.3, 0.4) is 0 Å². The molecule has 5 amide bonds. The first-order valence-electron chi connectivity index (χ1n) is 11.5. The fraction of sp³-hybridized carbons (Fsp3) is 0.478. The number of nitrogens with two attached hydrogens (primary N) is 3. The summed E-state index contributed by atoms with van der Waals surface area (Å²) in [7, 11) is 0. The van der Waals surface area contributed by atoms with Crippen molar-refractivity contribution < 1.29 is 33.9 Å². The first-order valence-corrected chi connectivity index (χ1v) is 11.5. The van der Waals surface area contributed by atoms with Gasteiger partial charge in [0.15, 0.2) is 0 Å². The van der Waals surface area contributed by atoms with Crippen molar-refractivity contribution in [2.24, 2.45) is 17.2 Å². The molecule has 1 aromatic carbocycles. The van der Waals surface area contributed by atoms with Crippen LogP contribution in [0.15, 0.2) is 30.3 Å². The van der Waals surface area contributed by atoms with Gasteiger partial charge in [0.25, 0.3) is 0 Å². The second kappa shape index (κ2) is 13.2. The largest absolute Gasteiger partial charge is 0.480 e. The molecule has 4 unspecified atom stereocenters. The highest BCUT2D eigenvalue weighted by Crippen LogP contribution is 2.20. The van der Waals surface area contributed by atoms with Crippen LogP contribution in [0.5, 0.6) is 0 Å². The van der Waals surface area contributed by atoms with E-state index in [1.807, 2.05) is 0 Å². The van der Waals surface area contributed by atoms with Crippen LogP contribution < -0.4 is 27.8 Å². The van der Waals surface area contributed by atoms with Gasteiger partial charge in [0.05, 0.1) is 12.5 Å². The Morgan fingerprint density at radius 2 is 1.61 bits per heavy atom. The van der Waals surface area contributed by atoms with E-state index in [0.717, 1.165) is 0 Å². The van der Waals surface area contributed by atoms with Crippen molar-refractivity contribution in [3.8, 4) is 0 Å². The van der Waals surface area contributed by atoms with Gasteiger partial charge in [0, 0.05) is 19.4 Å². The molecule has 13 nitrogen and oxygen atoms in total.